The molecule has 0 aliphatic heterocycles. The number of halogens is 2. The van der Waals surface area contributed by atoms with Gasteiger partial charge in [0.05, 0.1) is 19.6 Å². The minimum absolute atomic E-state index is 0.364. The van der Waals surface area contributed by atoms with Gasteiger partial charge in [0.25, 0.3) is 0 Å². The van der Waals surface area contributed by atoms with E-state index in [1.165, 1.54) is 38.5 Å². The second-order valence-corrected chi connectivity index (χ2v) is 5.90. The lowest BCUT2D eigenvalue weighted by molar-refractivity contribution is 0.282. The number of alkyl halides is 1. The highest BCUT2D eigenvalue weighted by Crippen LogP contribution is 2.35. The maximum Gasteiger partial charge on any atom is 0.165 e. The number of ether oxygens (including phenoxy) is 2. The van der Waals surface area contributed by atoms with E-state index in [2.05, 4.69) is 6.92 Å². The van der Waals surface area contributed by atoms with Gasteiger partial charge in [-0.1, -0.05) is 57.0 Å². The van der Waals surface area contributed by atoms with Gasteiger partial charge in [0.1, 0.15) is 0 Å². The van der Waals surface area contributed by atoms with Gasteiger partial charge in [0.2, 0.25) is 0 Å². The van der Waals surface area contributed by atoms with Gasteiger partial charge in [-0.05, 0) is 12.5 Å². The molecule has 0 amide bonds. The molecule has 120 valence electrons. The molecule has 1 aromatic rings. The lowest BCUT2D eigenvalue weighted by Crippen LogP contribution is -2.02. The van der Waals surface area contributed by atoms with Crippen LogP contribution in [0.2, 0.25) is 5.02 Å². The van der Waals surface area contributed by atoms with Crippen molar-refractivity contribution in [3.8, 4) is 11.5 Å². The van der Waals surface area contributed by atoms with Crippen LogP contribution in [0.25, 0.3) is 0 Å². The average Bonchev–Trinajstić information content (AvgIpc) is 2.50. The third-order valence-electron chi connectivity index (χ3n) is 3.45. The van der Waals surface area contributed by atoms with Crippen LogP contribution in [-0.4, -0.2) is 13.7 Å². The molecule has 0 radical (unpaired) electrons. The Labute approximate surface area is 138 Å². The minimum Gasteiger partial charge on any atom is -0.493 e. The zero-order chi connectivity index (χ0) is 15.5. The lowest BCUT2D eigenvalue weighted by Gasteiger charge is -2.14. The van der Waals surface area contributed by atoms with Crippen LogP contribution in [0, 0.1) is 0 Å². The third-order valence-corrected chi connectivity index (χ3v) is 3.96. The summed E-state index contributed by atoms with van der Waals surface area (Å²) in [7, 11) is 1.62. The highest BCUT2D eigenvalue weighted by molar-refractivity contribution is 6.31. The SMILES string of the molecule is CCCCCCCCCOc1c(CCl)cc(Cl)cc1OC. The fourth-order valence-corrected chi connectivity index (χ4v) is 2.70. The molecule has 1 aromatic carbocycles. The van der Waals surface area contributed by atoms with Gasteiger partial charge in [-0.15, -0.1) is 11.6 Å². The van der Waals surface area contributed by atoms with Crippen LogP contribution in [0.5, 0.6) is 11.5 Å². The van der Waals surface area contributed by atoms with E-state index in [0.29, 0.717) is 23.3 Å². The highest BCUT2D eigenvalue weighted by Gasteiger charge is 2.12. The third kappa shape index (κ3) is 6.80. The van der Waals surface area contributed by atoms with Gasteiger partial charge >= 0.3 is 0 Å². The Bertz CT molecular complexity index is 383. The molecule has 0 N–H and O–H groups in total. The normalized spacial score (nSPS) is 10.7. The molecule has 0 aliphatic carbocycles. The fourth-order valence-electron chi connectivity index (χ4n) is 2.27. The molecule has 0 aromatic heterocycles. The van der Waals surface area contributed by atoms with Crippen LogP contribution in [0.1, 0.15) is 57.4 Å². The van der Waals surface area contributed by atoms with Crippen LogP contribution in [0.15, 0.2) is 12.1 Å². The zero-order valence-corrected chi connectivity index (χ0v) is 14.6. The Morgan fingerprint density at radius 2 is 1.67 bits per heavy atom. The summed E-state index contributed by atoms with van der Waals surface area (Å²) >= 11 is 12.0. The van der Waals surface area contributed by atoms with Crippen molar-refractivity contribution < 1.29 is 9.47 Å². The Morgan fingerprint density at radius 1 is 1.00 bits per heavy atom. The molecule has 1 rings (SSSR count). The Hall–Kier alpha value is -0.600. The van der Waals surface area contributed by atoms with Crippen molar-refractivity contribution in [1.82, 2.24) is 0 Å². The molecule has 0 saturated heterocycles. The number of hydrogen-bond acceptors (Lipinski definition) is 2. The molecule has 0 aliphatic rings. The summed E-state index contributed by atoms with van der Waals surface area (Å²) in [4.78, 5) is 0. The summed E-state index contributed by atoms with van der Waals surface area (Å²) in [5.74, 6) is 1.74. The van der Waals surface area contributed by atoms with Gasteiger partial charge < -0.3 is 9.47 Å². The first kappa shape index (κ1) is 18.4. The standard InChI is InChI=1S/C17H26Cl2O2/c1-3-4-5-6-7-8-9-10-21-17-14(13-18)11-15(19)12-16(17)20-2/h11-12H,3-10,13H2,1-2H3. The minimum atomic E-state index is 0.364. The smallest absolute Gasteiger partial charge is 0.165 e. The number of hydrogen-bond donors (Lipinski definition) is 0. The average molecular weight is 333 g/mol. The summed E-state index contributed by atoms with van der Waals surface area (Å²) < 4.78 is 11.2. The lowest BCUT2D eigenvalue weighted by atomic mass is 10.1. The second kappa shape index (κ2) is 11.0. The van der Waals surface area contributed by atoms with Crippen LogP contribution in [0.4, 0.5) is 0 Å². The first-order chi connectivity index (χ1) is 10.2. The van der Waals surface area contributed by atoms with E-state index in [-0.39, 0.29) is 0 Å². The van der Waals surface area contributed by atoms with Gasteiger partial charge in [-0.3, -0.25) is 0 Å². The Morgan fingerprint density at radius 3 is 2.29 bits per heavy atom. The first-order valence-corrected chi connectivity index (χ1v) is 8.69. The molecule has 0 saturated carbocycles. The summed E-state index contributed by atoms with van der Waals surface area (Å²) in [6, 6.07) is 3.59. The molecule has 0 spiro atoms. The number of benzene rings is 1. The van der Waals surface area contributed by atoms with Crippen LogP contribution >= 0.6 is 23.2 Å². The van der Waals surface area contributed by atoms with Gasteiger partial charge in [-0.25, -0.2) is 0 Å². The zero-order valence-electron chi connectivity index (χ0n) is 13.1. The molecule has 0 fully saturated rings. The Balaban J connectivity index is 2.37. The molecule has 0 bridgehead atoms. The summed E-state index contributed by atoms with van der Waals surface area (Å²) in [6.07, 6.45) is 8.85. The Kier molecular flexibility index (Phi) is 9.69. The van der Waals surface area contributed by atoms with E-state index < -0.39 is 0 Å². The molecular weight excluding hydrogens is 307 g/mol. The van der Waals surface area contributed by atoms with Gasteiger partial charge in [0.15, 0.2) is 11.5 Å². The summed E-state index contributed by atoms with van der Waals surface area (Å²) in [6.45, 7) is 2.93. The molecule has 0 unspecified atom stereocenters. The van der Waals surface area contributed by atoms with E-state index in [1.807, 2.05) is 6.07 Å². The van der Waals surface area contributed by atoms with Gasteiger partial charge in [0, 0.05) is 16.7 Å². The van der Waals surface area contributed by atoms with E-state index in [1.54, 1.807) is 13.2 Å². The predicted molar refractivity (Wildman–Crippen MR) is 91.0 cm³/mol. The number of rotatable bonds is 11. The first-order valence-electron chi connectivity index (χ1n) is 7.78. The molecule has 2 nitrogen and oxygen atoms in total. The molecule has 0 atom stereocenters. The molecular formula is C17H26Cl2O2. The second-order valence-electron chi connectivity index (χ2n) is 5.20. The van der Waals surface area contributed by atoms with Crippen molar-refractivity contribution in [2.75, 3.05) is 13.7 Å². The largest absolute Gasteiger partial charge is 0.493 e. The van der Waals surface area contributed by atoms with Crippen LogP contribution < -0.4 is 9.47 Å². The predicted octanol–water partition coefficient (Wildman–Crippen LogP) is 6.22. The van der Waals surface area contributed by atoms with Crippen molar-refractivity contribution in [3.63, 3.8) is 0 Å². The van der Waals surface area contributed by atoms with E-state index in [4.69, 9.17) is 32.7 Å². The van der Waals surface area contributed by atoms with E-state index in [9.17, 15) is 0 Å². The van der Waals surface area contributed by atoms with E-state index >= 15 is 0 Å². The molecule has 0 heterocycles. The van der Waals surface area contributed by atoms with Gasteiger partial charge in [-0.2, -0.15) is 0 Å². The van der Waals surface area contributed by atoms with Crippen molar-refractivity contribution >= 4 is 23.2 Å². The maximum atomic E-state index is 6.03. The van der Waals surface area contributed by atoms with Crippen molar-refractivity contribution in [3.05, 3.63) is 22.7 Å². The van der Waals surface area contributed by atoms with E-state index in [0.717, 1.165) is 17.7 Å². The van der Waals surface area contributed by atoms with Crippen LogP contribution in [-0.2, 0) is 5.88 Å². The van der Waals surface area contributed by atoms with Crippen molar-refractivity contribution in [2.24, 2.45) is 0 Å². The fraction of sp³-hybridized carbons (Fsp3) is 0.647. The number of methoxy groups -OCH3 is 1. The number of unbranched alkanes of at least 4 members (excludes halogenated alkanes) is 6. The van der Waals surface area contributed by atoms with Crippen LogP contribution in [0.3, 0.4) is 0 Å². The van der Waals surface area contributed by atoms with Crippen molar-refractivity contribution in [1.29, 1.82) is 0 Å². The topological polar surface area (TPSA) is 18.5 Å². The highest BCUT2D eigenvalue weighted by atomic mass is 35.5. The summed E-state index contributed by atoms with van der Waals surface area (Å²) in [5, 5.41) is 0.616. The quantitative estimate of drug-likeness (QED) is 0.354. The maximum absolute atomic E-state index is 6.03. The monoisotopic (exact) mass is 332 g/mol. The molecule has 21 heavy (non-hydrogen) atoms. The van der Waals surface area contributed by atoms with Crippen molar-refractivity contribution in [2.45, 2.75) is 57.7 Å². The summed E-state index contributed by atoms with van der Waals surface area (Å²) in [5.41, 5.74) is 0.879. The molecule has 4 heteroatoms.